The molecule has 0 aromatic heterocycles. The molecule has 0 radical (unpaired) electrons. The van der Waals surface area contributed by atoms with Gasteiger partial charge < -0.3 is 18.9 Å². The highest BCUT2D eigenvalue weighted by atomic mass is 16.8. The molecule has 4 nitrogen and oxygen atoms in total. The van der Waals surface area contributed by atoms with Gasteiger partial charge in [0.05, 0.1) is 7.11 Å². The second-order valence-corrected chi connectivity index (χ2v) is 6.14. The molecule has 122 valence electrons. The van der Waals surface area contributed by atoms with Crippen molar-refractivity contribution in [2.45, 2.75) is 50.6 Å². The first-order valence-corrected chi connectivity index (χ1v) is 8.21. The lowest BCUT2D eigenvalue weighted by atomic mass is 9.71. The quantitative estimate of drug-likeness (QED) is 0.831. The number of methoxy groups -OCH3 is 2. The van der Waals surface area contributed by atoms with Gasteiger partial charge in [0.25, 0.3) is 0 Å². The summed E-state index contributed by atoms with van der Waals surface area (Å²) in [6, 6.07) is 8.38. The average Bonchev–Trinajstić information content (AvgIpc) is 2.94. The highest BCUT2D eigenvalue weighted by molar-refractivity contribution is 5.32. The Hall–Kier alpha value is -1.10. The minimum atomic E-state index is -0.494. The minimum absolute atomic E-state index is 0.152. The number of hydrogen-bond acceptors (Lipinski definition) is 4. The van der Waals surface area contributed by atoms with Crippen molar-refractivity contribution in [1.82, 2.24) is 0 Å². The molecular weight excluding hydrogens is 280 g/mol. The normalized spacial score (nSPS) is 34.4. The van der Waals surface area contributed by atoms with Gasteiger partial charge in [0.1, 0.15) is 5.75 Å². The topological polar surface area (TPSA) is 36.9 Å². The van der Waals surface area contributed by atoms with Crippen molar-refractivity contribution in [2.75, 3.05) is 20.8 Å². The van der Waals surface area contributed by atoms with Gasteiger partial charge in [-0.1, -0.05) is 12.1 Å². The van der Waals surface area contributed by atoms with Crippen molar-refractivity contribution in [2.24, 2.45) is 5.92 Å². The molecule has 22 heavy (non-hydrogen) atoms. The molecular formula is C18H26O4. The summed E-state index contributed by atoms with van der Waals surface area (Å²) in [7, 11) is 3.47. The van der Waals surface area contributed by atoms with Crippen molar-refractivity contribution in [3.63, 3.8) is 0 Å². The molecule has 0 N–H and O–H groups in total. The fraction of sp³-hybridized carbons (Fsp3) is 0.667. The molecule has 1 saturated carbocycles. The number of fused-ring (bicyclic) bond motifs is 1. The molecule has 0 bridgehead atoms. The third-order valence-corrected chi connectivity index (χ3v) is 5.09. The third-order valence-electron chi connectivity index (χ3n) is 5.09. The van der Waals surface area contributed by atoms with E-state index < -0.39 is 5.79 Å². The third kappa shape index (κ3) is 2.75. The molecule has 0 amide bonds. The van der Waals surface area contributed by atoms with Gasteiger partial charge in [0.15, 0.2) is 12.1 Å². The molecule has 2 aliphatic rings. The zero-order valence-electron chi connectivity index (χ0n) is 13.7. The fourth-order valence-corrected chi connectivity index (χ4v) is 4.09. The van der Waals surface area contributed by atoms with Gasteiger partial charge >= 0.3 is 0 Å². The lowest BCUT2D eigenvalue weighted by Gasteiger charge is -2.41. The Bertz CT molecular complexity index is 504. The van der Waals surface area contributed by atoms with Crippen LogP contribution in [0.3, 0.4) is 0 Å². The van der Waals surface area contributed by atoms with E-state index in [1.165, 1.54) is 5.56 Å². The van der Waals surface area contributed by atoms with Crippen LogP contribution < -0.4 is 4.74 Å². The minimum Gasteiger partial charge on any atom is -0.497 e. The maximum absolute atomic E-state index is 6.18. The summed E-state index contributed by atoms with van der Waals surface area (Å²) in [5.41, 5.74) is 1.31. The van der Waals surface area contributed by atoms with Crippen LogP contribution in [0.25, 0.3) is 0 Å². The van der Waals surface area contributed by atoms with Crippen LogP contribution in [0, 0.1) is 5.92 Å². The first-order chi connectivity index (χ1) is 10.7. The van der Waals surface area contributed by atoms with Crippen molar-refractivity contribution in [3.8, 4) is 5.75 Å². The van der Waals surface area contributed by atoms with E-state index in [9.17, 15) is 0 Å². The van der Waals surface area contributed by atoms with Crippen molar-refractivity contribution in [1.29, 1.82) is 0 Å². The van der Waals surface area contributed by atoms with Crippen LogP contribution in [-0.4, -0.2) is 32.9 Å². The van der Waals surface area contributed by atoms with Crippen LogP contribution >= 0.6 is 0 Å². The summed E-state index contributed by atoms with van der Waals surface area (Å²) in [6.45, 7) is 2.67. The summed E-state index contributed by atoms with van der Waals surface area (Å²) in [5, 5.41) is 0. The molecule has 1 aromatic rings. The second kappa shape index (κ2) is 6.57. The van der Waals surface area contributed by atoms with Gasteiger partial charge in [0.2, 0.25) is 0 Å². The average molecular weight is 306 g/mol. The predicted molar refractivity (Wildman–Crippen MR) is 83.9 cm³/mol. The Balaban J connectivity index is 1.88. The summed E-state index contributed by atoms with van der Waals surface area (Å²) in [4.78, 5) is 0. The molecule has 0 spiro atoms. The van der Waals surface area contributed by atoms with Gasteiger partial charge in [0, 0.05) is 32.5 Å². The van der Waals surface area contributed by atoms with Crippen LogP contribution in [0.4, 0.5) is 0 Å². The van der Waals surface area contributed by atoms with E-state index in [-0.39, 0.29) is 6.29 Å². The van der Waals surface area contributed by atoms with E-state index in [2.05, 4.69) is 18.2 Å². The number of ether oxygens (including phenoxy) is 4. The Labute approximate surface area is 132 Å². The summed E-state index contributed by atoms with van der Waals surface area (Å²) in [6.07, 6.45) is 3.94. The van der Waals surface area contributed by atoms with Crippen molar-refractivity contribution >= 4 is 0 Å². The van der Waals surface area contributed by atoms with E-state index in [4.69, 9.17) is 18.9 Å². The molecule has 1 aliphatic carbocycles. The summed E-state index contributed by atoms with van der Waals surface area (Å²) in [5.74, 6) is 1.17. The van der Waals surface area contributed by atoms with E-state index in [1.54, 1.807) is 14.2 Å². The molecule has 4 atom stereocenters. The molecule has 4 unspecified atom stereocenters. The lowest BCUT2D eigenvalue weighted by molar-refractivity contribution is -0.282. The lowest BCUT2D eigenvalue weighted by Crippen LogP contribution is -2.43. The van der Waals surface area contributed by atoms with Crippen LogP contribution in [-0.2, 0) is 14.2 Å². The predicted octanol–water partition coefficient (Wildman–Crippen LogP) is 3.70. The first-order valence-electron chi connectivity index (χ1n) is 8.21. The van der Waals surface area contributed by atoms with E-state index in [0.717, 1.165) is 31.4 Å². The second-order valence-electron chi connectivity index (χ2n) is 6.14. The van der Waals surface area contributed by atoms with Gasteiger partial charge in [-0.15, -0.1) is 0 Å². The molecule has 4 heteroatoms. The summed E-state index contributed by atoms with van der Waals surface area (Å²) >= 11 is 0. The van der Waals surface area contributed by atoms with Gasteiger partial charge in [-0.2, -0.15) is 0 Å². The van der Waals surface area contributed by atoms with Crippen LogP contribution in [0.1, 0.15) is 44.1 Å². The molecule has 3 rings (SSSR count). The Kier molecular flexibility index (Phi) is 4.71. The number of rotatable bonds is 5. The summed E-state index contributed by atoms with van der Waals surface area (Å²) < 4.78 is 23.1. The highest BCUT2D eigenvalue weighted by Crippen LogP contribution is 2.53. The Morgan fingerprint density at radius 3 is 2.91 bits per heavy atom. The maximum atomic E-state index is 6.18. The number of hydrogen-bond donors (Lipinski definition) is 0. The van der Waals surface area contributed by atoms with Crippen LogP contribution in [0.2, 0.25) is 0 Å². The van der Waals surface area contributed by atoms with E-state index in [1.807, 2.05) is 13.0 Å². The van der Waals surface area contributed by atoms with E-state index >= 15 is 0 Å². The zero-order valence-corrected chi connectivity index (χ0v) is 13.7. The van der Waals surface area contributed by atoms with Gasteiger partial charge in [-0.05, 0) is 43.4 Å². The van der Waals surface area contributed by atoms with Gasteiger partial charge in [-0.25, -0.2) is 0 Å². The SMILES string of the molecule is CCOC1CC2C(c3cccc(OC)c3)CCCC2(OC)O1. The Morgan fingerprint density at radius 1 is 1.32 bits per heavy atom. The van der Waals surface area contributed by atoms with Gasteiger partial charge in [-0.3, -0.25) is 0 Å². The van der Waals surface area contributed by atoms with Crippen LogP contribution in [0.15, 0.2) is 24.3 Å². The Morgan fingerprint density at radius 2 is 2.18 bits per heavy atom. The first kappa shape index (κ1) is 15.8. The molecule has 1 heterocycles. The van der Waals surface area contributed by atoms with Crippen LogP contribution in [0.5, 0.6) is 5.75 Å². The number of benzene rings is 1. The van der Waals surface area contributed by atoms with E-state index in [0.29, 0.717) is 18.4 Å². The van der Waals surface area contributed by atoms with Crippen molar-refractivity contribution < 1.29 is 18.9 Å². The maximum Gasteiger partial charge on any atom is 0.174 e. The monoisotopic (exact) mass is 306 g/mol. The molecule has 1 saturated heterocycles. The largest absolute Gasteiger partial charge is 0.497 e. The fourth-order valence-electron chi connectivity index (χ4n) is 4.09. The molecule has 2 fully saturated rings. The standard InChI is InChI=1S/C18H26O4/c1-4-21-17-12-16-15(9-6-10-18(16,20-3)22-17)13-7-5-8-14(11-13)19-2/h5,7-8,11,15-17H,4,6,9-10,12H2,1-3H3. The molecule has 1 aliphatic heterocycles. The highest BCUT2D eigenvalue weighted by Gasteiger charge is 2.54. The van der Waals surface area contributed by atoms with Crippen molar-refractivity contribution in [3.05, 3.63) is 29.8 Å². The smallest absolute Gasteiger partial charge is 0.174 e. The molecule has 1 aromatic carbocycles. The zero-order chi connectivity index (χ0) is 15.6.